The lowest BCUT2D eigenvalue weighted by Gasteiger charge is -2.28. The first-order chi connectivity index (χ1) is 14.1. The molecule has 0 spiro atoms. The maximum Gasteiger partial charge on any atom is 0.254 e. The number of nitrogens with one attached hydrogen (secondary N) is 1. The van der Waals surface area contributed by atoms with Crippen molar-refractivity contribution in [2.24, 2.45) is 0 Å². The third-order valence-electron chi connectivity index (χ3n) is 5.32. The minimum absolute atomic E-state index is 0.0308. The quantitative estimate of drug-likeness (QED) is 0.747. The summed E-state index contributed by atoms with van der Waals surface area (Å²) in [5, 5.41) is 3.02. The van der Waals surface area contributed by atoms with Crippen molar-refractivity contribution >= 4 is 11.8 Å². The van der Waals surface area contributed by atoms with E-state index in [0.717, 1.165) is 24.4 Å². The van der Waals surface area contributed by atoms with Gasteiger partial charge in [0.1, 0.15) is 5.75 Å². The third-order valence-corrected chi connectivity index (χ3v) is 5.32. The van der Waals surface area contributed by atoms with Crippen LogP contribution in [0.15, 0.2) is 54.6 Å². The zero-order chi connectivity index (χ0) is 20.6. The summed E-state index contributed by atoms with van der Waals surface area (Å²) in [6, 6.07) is 17.1. The summed E-state index contributed by atoms with van der Waals surface area (Å²) in [6.45, 7) is 2.60. The van der Waals surface area contributed by atoms with E-state index in [1.165, 1.54) is 17.7 Å². The van der Waals surface area contributed by atoms with Crippen LogP contribution in [0.1, 0.15) is 34.8 Å². The van der Waals surface area contributed by atoms with E-state index in [2.05, 4.69) is 22.3 Å². The van der Waals surface area contributed by atoms with E-state index < -0.39 is 0 Å². The lowest BCUT2D eigenvalue weighted by atomic mass is 10.1. The van der Waals surface area contributed by atoms with Crippen molar-refractivity contribution in [3.05, 3.63) is 65.7 Å². The van der Waals surface area contributed by atoms with Gasteiger partial charge in [-0.25, -0.2) is 0 Å². The number of carbonyl (C=O) groups excluding carboxylic acids is 2. The molecule has 1 aliphatic heterocycles. The van der Waals surface area contributed by atoms with Crippen molar-refractivity contribution in [2.75, 3.05) is 40.3 Å². The van der Waals surface area contributed by atoms with Gasteiger partial charge in [0.25, 0.3) is 5.91 Å². The SMILES string of the molecule is COc1ccc(C(CNC(=O)CN(C)C(=O)c2ccccc2)N2CCCC2)cc1. The summed E-state index contributed by atoms with van der Waals surface area (Å²) in [5.41, 5.74) is 1.73. The Morgan fingerprint density at radius 3 is 2.34 bits per heavy atom. The molecule has 1 fully saturated rings. The van der Waals surface area contributed by atoms with Crippen LogP contribution in [0.25, 0.3) is 0 Å². The number of methoxy groups -OCH3 is 1. The first-order valence-electron chi connectivity index (χ1n) is 10.0. The molecule has 29 heavy (non-hydrogen) atoms. The Balaban J connectivity index is 1.59. The van der Waals surface area contributed by atoms with E-state index in [1.54, 1.807) is 26.3 Å². The van der Waals surface area contributed by atoms with E-state index in [9.17, 15) is 9.59 Å². The monoisotopic (exact) mass is 395 g/mol. The van der Waals surface area contributed by atoms with Gasteiger partial charge in [-0.2, -0.15) is 0 Å². The first kappa shape index (κ1) is 20.9. The molecule has 6 nitrogen and oxygen atoms in total. The molecule has 0 radical (unpaired) electrons. The predicted octanol–water partition coefficient (Wildman–Crippen LogP) is 2.72. The molecular weight excluding hydrogens is 366 g/mol. The van der Waals surface area contributed by atoms with Crippen molar-refractivity contribution in [1.82, 2.24) is 15.1 Å². The molecule has 1 unspecified atom stereocenters. The van der Waals surface area contributed by atoms with Gasteiger partial charge in [-0.05, 0) is 55.8 Å². The molecule has 0 aliphatic carbocycles. The van der Waals surface area contributed by atoms with Crippen LogP contribution < -0.4 is 10.1 Å². The van der Waals surface area contributed by atoms with Crippen molar-refractivity contribution in [1.29, 1.82) is 0 Å². The number of benzene rings is 2. The van der Waals surface area contributed by atoms with Crippen LogP contribution >= 0.6 is 0 Å². The molecule has 6 heteroatoms. The molecule has 1 aliphatic rings. The van der Waals surface area contributed by atoms with Gasteiger partial charge in [0.2, 0.25) is 5.91 Å². The Morgan fingerprint density at radius 1 is 1.07 bits per heavy atom. The van der Waals surface area contributed by atoms with Gasteiger partial charge in [0, 0.05) is 19.2 Å². The van der Waals surface area contributed by atoms with Gasteiger partial charge in [-0.1, -0.05) is 30.3 Å². The summed E-state index contributed by atoms with van der Waals surface area (Å²) in [5.74, 6) is 0.500. The smallest absolute Gasteiger partial charge is 0.254 e. The van der Waals surface area contributed by atoms with Gasteiger partial charge >= 0.3 is 0 Å². The molecule has 154 valence electrons. The summed E-state index contributed by atoms with van der Waals surface area (Å²) in [7, 11) is 3.30. The maximum atomic E-state index is 12.5. The van der Waals surface area contributed by atoms with E-state index in [-0.39, 0.29) is 24.4 Å². The highest BCUT2D eigenvalue weighted by atomic mass is 16.5. The van der Waals surface area contributed by atoms with Crippen LogP contribution in [0, 0.1) is 0 Å². The molecule has 2 amide bonds. The lowest BCUT2D eigenvalue weighted by molar-refractivity contribution is -0.121. The number of ether oxygens (including phenoxy) is 1. The third kappa shape index (κ3) is 5.57. The summed E-state index contributed by atoms with van der Waals surface area (Å²) in [6.07, 6.45) is 2.35. The predicted molar refractivity (Wildman–Crippen MR) is 113 cm³/mol. The van der Waals surface area contributed by atoms with Crippen molar-refractivity contribution in [2.45, 2.75) is 18.9 Å². The largest absolute Gasteiger partial charge is 0.497 e. The Hall–Kier alpha value is -2.86. The Bertz CT molecular complexity index is 802. The molecule has 0 bridgehead atoms. The first-order valence-corrected chi connectivity index (χ1v) is 10.0. The molecule has 1 atom stereocenters. The number of nitrogens with zero attached hydrogens (tertiary/aromatic N) is 2. The highest BCUT2D eigenvalue weighted by molar-refractivity contribution is 5.96. The topological polar surface area (TPSA) is 61.9 Å². The average Bonchev–Trinajstić information content (AvgIpc) is 3.29. The van der Waals surface area contributed by atoms with Gasteiger partial charge < -0.3 is 15.0 Å². The zero-order valence-electron chi connectivity index (χ0n) is 17.1. The van der Waals surface area contributed by atoms with Crippen LogP contribution in [-0.4, -0.2) is 62.0 Å². The highest BCUT2D eigenvalue weighted by Gasteiger charge is 2.24. The molecule has 1 N–H and O–H groups in total. The minimum Gasteiger partial charge on any atom is -0.497 e. The second-order valence-electron chi connectivity index (χ2n) is 7.36. The van der Waals surface area contributed by atoms with Crippen LogP contribution in [-0.2, 0) is 4.79 Å². The summed E-state index contributed by atoms with van der Waals surface area (Å²) in [4.78, 5) is 28.8. The van der Waals surface area contributed by atoms with Crippen LogP contribution in [0.5, 0.6) is 5.75 Å². The number of likely N-dealkylation sites (N-methyl/N-ethyl adjacent to an activating group) is 1. The number of hydrogen-bond donors (Lipinski definition) is 1. The molecule has 3 rings (SSSR count). The normalized spacial score (nSPS) is 15.0. The average molecular weight is 396 g/mol. The Kier molecular flexibility index (Phi) is 7.25. The number of hydrogen-bond acceptors (Lipinski definition) is 4. The molecule has 0 aromatic heterocycles. The molecule has 2 aromatic rings. The molecule has 1 heterocycles. The molecule has 0 saturated carbocycles. The van der Waals surface area contributed by atoms with E-state index in [1.807, 2.05) is 30.3 Å². The number of carbonyl (C=O) groups is 2. The van der Waals surface area contributed by atoms with Gasteiger partial charge in [0.15, 0.2) is 0 Å². The van der Waals surface area contributed by atoms with Crippen molar-refractivity contribution in [3.8, 4) is 5.75 Å². The van der Waals surface area contributed by atoms with E-state index in [0.29, 0.717) is 12.1 Å². The lowest BCUT2D eigenvalue weighted by Crippen LogP contribution is -2.42. The fourth-order valence-corrected chi connectivity index (χ4v) is 3.69. The van der Waals surface area contributed by atoms with Gasteiger partial charge in [-0.15, -0.1) is 0 Å². The fourth-order valence-electron chi connectivity index (χ4n) is 3.69. The molecular formula is C23H29N3O3. The van der Waals surface area contributed by atoms with E-state index in [4.69, 9.17) is 4.74 Å². The van der Waals surface area contributed by atoms with Crippen LogP contribution in [0.3, 0.4) is 0 Å². The van der Waals surface area contributed by atoms with Crippen LogP contribution in [0.2, 0.25) is 0 Å². The second kappa shape index (κ2) is 10.1. The fraction of sp³-hybridized carbons (Fsp3) is 0.391. The zero-order valence-corrected chi connectivity index (χ0v) is 17.1. The Labute approximate surface area is 172 Å². The maximum absolute atomic E-state index is 12.5. The van der Waals surface area contributed by atoms with Crippen molar-refractivity contribution in [3.63, 3.8) is 0 Å². The number of rotatable bonds is 8. The highest BCUT2D eigenvalue weighted by Crippen LogP contribution is 2.26. The van der Waals surface area contributed by atoms with Gasteiger partial charge in [-0.3, -0.25) is 14.5 Å². The summed E-state index contributed by atoms with van der Waals surface area (Å²) < 4.78 is 5.25. The number of amides is 2. The minimum atomic E-state index is -0.160. The standard InChI is InChI=1S/C23H29N3O3/c1-25(23(28)19-8-4-3-5-9-19)17-22(27)24-16-21(26-14-6-7-15-26)18-10-12-20(29-2)13-11-18/h3-5,8-13,21H,6-7,14-17H2,1-2H3,(H,24,27). The van der Waals surface area contributed by atoms with Gasteiger partial charge in [0.05, 0.1) is 19.7 Å². The molecule has 1 saturated heterocycles. The summed E-state index contributed by atoms with van der Waals surface area (Å²) >= 11 is 0. The van der Waals surface area contributed by atoms with Crippen molar-refractivity contribution < 1.29 is 14.3 Å². The number of likely N-dealkylation sites (tertiary alicyclic amines) is 1. The van der Waals surface area contributed by atoms with Crippen LogP contribution in [0.4, 0.5) is 0 Å². The second-order valence-corrected chi connectivity index (χ2v) is 7.36. The van der Waals surface area contributed by atoms with E-state index >= 15 is 0 Å². The molecule has 2 aromatic carbocycles. The Morgan fingerprint density at radius 2 is 1.72 bits per heavy atom.